The van der Waals surface area contributed by atoms with E-state index in [0.717, 1.165) is 22.4 Å². The van der Waals surface area contributed by atoms with Crippen molar-refractivity contribution in [3.05, 3.63) is 53.9 Å². The molecule has 2 nitrogen and oxygen atoms in total. The molecule has 0 aliphatic heterocycles. The highest BCUT2D eigenvalue weighted by Crippen LogP contribution is 2.31. The van der Waals surface area contributed by atoms with Gasteiger partial charge < -0.3 is 0 Å². The van der Waals surface area contributed by atoms with Crippen molar-refractivity contribution in [2.75, 3.05) is 0 Å². The van der Waals surface area contributed by atoms with Crippen LogP contribution < -0.4 is 0 Å². The molecule has 1 aromatic heterocycles. The van der Waals surface area contributed by atoms with Crippen molar-refractivity contribution in [3.63, 3.8) is 0 Å². The van der Waals surface area contributed by atoms with E-state index < -0.39 is 0 Å². The molecule has 2 aromatic rings. The van der Waals surface area contributed by atoms with Gasteiger partial charge in [0.15, 0.2) is 5.78 Å². The van der Waals surface area contributed by atoms with Crippen LogP contribution in [0.5, 0.6) is 0 Å². The topological polar surface area (TPSA) is 30.0 Å². The smallest absolute Gasteiger partial charge is 0.169 e. The molecular formula is C13H9NO. The molecule has 0 atom stereocenters. The SMILES string of the molecule is O=C1Cc2ncccc2-c2ccccc21. The van der Waals surface area contributed by atoms with Gasteiger partial charge in [-0.2, -0.15) is 0 Å². The lowest BCUT2D eigenvalue weighted by Gasteiger charge is -2.17. The van der Waals surface area contributed by atoms with Crippen LogP contribution in [0, 0.1) is 0 Å². The number of pyridine rings is 1. The fraction of sp³-hybridized carbons (Fsp3) is 0.0769. The number of fused-ring (bicyclic) bond motifs is 3. The van der Waals surface area contributed by atoms with Crippen LogP contribution in [0.3, 0.4) is 0 Å². The predicted molar refractivity (Wildman–Crippen MR) is 57.7 cm³/mol. The Morgan fingerprint density at radius 1 is 0.933 bits per heavy atom. The van der Waals surface area contributed by atoms with E-state index in [-0.39, 0.29) is 5.78 Å². The van der Waals surface area contributed by atoms with Crippen LogP contribution in [-0.2, 0) is 6.42 Å². The second-order valence-corrected chi connectivity index (χ2v) is 3.64. The molecule has 1 aliphatic rings. The molecule has 0 spiro atoms. The molecule has 72 valence electrons. The summed E-state index contributed by atoms with van der Waals surface area (Å²) in [4.78, 5) is 16.1. The Hall–Kier alpha value is -1.96. The predicted octanol–water partition coefficient (Wildman–Crippen LogP) is 2.49. The van der Waals surface area contributed by atoms with E-state index in [1.54, 1.807) is 6.20 Å². The van der Waals surface area contributed by atoms with Crippen molar-refractivity contribution in [3.8, 4) is 11.1 Å². The van der Waals surface area contributed by atoms with Gasteiger partial charge in [0.1, 0.15) is 0 Å². The fourth-order valence-electron chi connectivity index (χ4n) is 2.03. The van der Waals surface area contributed by atoms with E-state index in [1.165, 1.54) is 0 Å². The quantitative estimate of drug-likeness (QED) is 0.646. The van der Waals surface area contributed by atoms with Gasteiger partial charge in [-0.25, -0.2) is 0 Å². The zero-order valence-electron chi connectivity index (χ0n) is 8.10. The van der Waals surface area contributed by atoms with Gasteiger partial charge in [0.05, 0.1) is 12.1 Å². The van der Waals surface area contributed by atoms with Gasteiger partial charge in [-0.05, 0) is 11.6 Å². The molecule has 3 rings (SSSR count). The van der Waals surface area contributed by atoms with Crippen LogP contribution in [0.2, 0.25) is 0 Å². The summed E-state index contributed by atoms with van der Waals surface area (Å²) in [5.74, 6) is 0.164. The van der Waals surface area contributed by atoms with Crippen molar-refractivity contribution >= 4 is 5.78 Å². The second-order valence-electron chi connectivity index (χ2n) is 3.64. The molecule has 15 heavy (non-hydrogen) atoms. The van der Waals surface area contributed by atoms with E-state index in [4.69, 9.17) is 0 Å². The first-order valence-corrected chi connectivity index (χ1v) is 4.93. The van der Waals surface area contributed by atoms with Gasteiger partial charge in [0, 0.05) is 17.3 Å². The Kier molecular flexibility index (Phi) is 1.68. The highest BCUT2D eigenvalue weighted by molar-refractivity contribution is 6.06. The zero-order valence-corrected chi connectivity index (χ0v) is 8.10. The largest absolute Gasteiger partial charge is 0.294 e. The van der Waals surface area contributed by atoms with Crippen molar-refractivity contribution in [1.29, 1.82) is 0 Å². The van der Waals surface area contributed by atoms with Crippen molar-refractivity contribution in [2.45, 2.75) is 6.42 Å². The number of ketones is 1. The first-order chi connectivity index (χ1) is 7.36. The van der Waals surface area contributed by atoms with E-state index in [0.29, 0.717) is 6.42 Å². The molecule has 0 saturated carbocycles. The van der Waals surface area contributed by atoms with Gasteiger partial charge in [-0.15, -0.1) is 0 Å². The summed E-state index contributed by atoms with van der Waals surface area (Å²) in [5, 5.41) is 0. The van der Waals surface area contributed by atoms with E-state index in [9.17, 15) is 4.79 Å². The van der Waals surface area contributed by atoms with Crippen LogP contribution in [0.25, 0.3) is 11.1 Å². The van der Waals surface area contributed by atoms with E-state index in [1.807, 2.05) is 36.4 Å². The number of carbonyl (C=O) groups is 1. The van der Waals surface area contributed by atoms with Crippen LogP contribution >= 0.6 is 0 Å². The number of hydrogen-bond acceptors (Lipinski definition) is 2. The van der Waals surface area contributed by atoms with Crippen molar-refractivity contribution < 1.29 is 4.79 Å². The van der Waals surface area contributed by atoms with Crippen LogP contribution in [0.1, 0.15) is 16.1 Å². The van der Waals surface area contributed by atoms with Gasteiger partial charge in [0.2, 0.25) is 0 Å². The maximum Gasteiger partial charge on any atom is 0.169 e. The van der Waals surface area contributed by atoms with Crippen LogP contribution in [0.4, 0.5) is 0 Å². The highest BCUT2D eigenvalue weighted by Gasteiger charge is 2.22. The summed E-state index contributed by atoms with van der Waals surface area (Å²) in [6.45, 7) is 0. The van der Waals surface area contributed by atoms with E-state index >= 15 is 0 Å². The molecule has 0 saturated heterocycles. The van der Waals surface area contributed by atoms with E-state index in [2.05, 4.69) is 4.98 Å². The Labute approximate surface area is 87.6 Å². The van der Waals surface area contributed by atoms with Gasteiger partial charge in [-0.3, -0.25) is 9.78 Å². The second kappa shape index (κ2) is 3.02. The molecule has 1 aromatic carbocycles. The molecule has 1 aliphatic carbocycles. The molecule has 0 bridgehead atoms. The average Bonchev–Trinajstić information content (AvgIpc) is 2.30. The summed E-state index contributed by atoms with van der Waals surface area (Å²) in [7, 11) is 0. The third-order valence-corrected chi connectivity index (χ3v) is 2.74. The summed E-state index contributed by atoms with van der Waals surface area (Å²) in [6, 6.07) is 11.6. The average molecular weight is 195 g/mol. The summed E-state index contributed by atoms with van der Waals surface area (Å²) in [5.41, 5.74) is 3.81. The third kappa shape index (κ3) is 1.18. The van der Waals surface area contributed by atoms with Crippen molar-refractivity contribution in [2.24, 2.45) is 0 Å². The molecule has 1 heterocycles. The molecule has 0 N–H and O–H groups in total. The minimum atomic E-state index is 0.164. The number of rotatable bonds is 0. The number of benzene rings is 1. The number of Topliss-reactive ketones (excluding diaryl/α,β-unsaturated/α-hetero) is 1. The number of nitrogens with zero attached hydrogens (tertiary/aromatic N) is 1. The highest BCUT2D eigenvalue weighted by atomic mass is 16.1. The molecule has 0 unspecified atom stereocenters. The lowest BCUT2D eigenvalue weighted by molar-refractivity contribution is 0.0991. The Bertz CT molecular complexity index is 546. The fourth-order valence-corrected chi connectivity index (χ4v) is 2.03. The maximum atomic E-state index is 11.8. The van der Waals surface area contributed by atoms with Gasteiger partial charge in [-0.1, -0.05) is 30.3 Å². The third-order valence-electron chi connectivity index (χ3n) is 2.74. The van der Waals surface area contributed by atoms with Crippen LogP contribution in [0.15, 0.2) is 42.6 Å². The first kappa shape index (κ1) is 8.36. The molecule has 0 amide bonds. The number of hydrogen-bond donors (Lipinski definition) is 0. The van der Waals surface area contributed by atoms with Gasteiger partial charge in [0.25, 0.3) is 0 Å². The zero-order chi connectivity index (χ0) is 10.3. The summed E-state index contributed by atoms with van der Waals surface area (Å²) in [6.07, 6.45) is 2.16. The minimum absolute atomic E-state index is 0.164. The minimum Gasteiger partial charge on any atom is -0.294 e. The Morgan fingerprint density at radius 3 is 2.53 bits per heavy atom. The Balaban J connectivity index is 2.34. The summed E-state index contributed by atoms with van der Waals surface area (Å²) >= 11 is 0. The van der Waals surface area contributed by atoms with Gasteiger partial charge >= 0.3 is 0 Å². The first-order valence-electron chi connectivity index (χ1n) is 4.93. The standard InChI is InChI=1S/C13H9NO/c15-13-8-12-10(6-3-7-14-12)9-4-1-2-5-11(9)13/h1-7H,8H2. The number of aromatic nitrogens is 1. The molecule has 0 radical (unpaired) electrons. The maximum absolute atomic E-state index is 11.8. The molecule has 0 fully saturated rings. The molecule has 2 heteroatoms. The molecular weight excluding hydrogens is 186 g/mol. The number of carbonyl (C=O) groups excluding carboxylic acids is 1. The normalized spacial score (nSPS) is 13.2. The lowest BCUT2D eigenvalue weighted by Crippen LogP contribution is -2.13. The summed E-state index contributed by atoms with van der Waals surface area (Å²) < 4.78 is 0. The lowest BCUT2D eigenvalue weighted by atomic mass is 9.88. The Morgan fingerprint density at radius 2 is 1.67 bits per heavy atom. The van der Waals surface area contributed by atoms with Crippen molar-refractivity contribution in [1.82, 2.24) is 4.98 Å². The monoisotopic (exact) mass is 195 g/mol. The van der Waals surface area contributed by atoms with Crippen LogP contribution in [-0.4, -0.2) is 10.8 Å².